The summed E-state index contributed by atoms with van der Waals surface area (Å²) in [5.74, 6) is -0.0972. The van der Waals surface area contributed by atoms with Crippen LogP contribution in [0, 0.1) is 0 Å². The van der Waals surface area contributed by atoms with Crippen molar-refractivity contribution in [2.75, 3.05) is 24.5 Å². The van der Waals surface area contributed by atoms with Gasteiger partial charge in [-0.2, -0.15) is 0 Å². The molecule has 0 aromatic carbocycles. The fourth-order valence-corrected chi connectivity index (χ4v) is 4.00. The lowest BCUT2D eigenvalue weighted by molar-refractivity contribution is 0.0982. The highest BCUT2D eigenvalue weighted by Gasteiger charge is 2.46. The molecule has 7 heteroatoms. The van der Waals surface area contributed by atoms with Crippen molar-refractivity contribution in [2.45, 2.75) is 18.3 Å². The number of carbonyl (C=O) groups excluding carboxylic acids is 1. The number of pyridine rings is 2. The summed E-state index contributed by atoms with van der Waals surface area (Å²) in [6.07, 6.45) is 5.12. The monoisotopic (exact) mass is 362 g/mol. The number of amides is 1. The summed E-state index contributed by atoms with van der Waals surface area (Å²) in [4.78, 5) is 23.4. The van der Waals surface area contributed by atoms with E-state index >= 15 is 0 Å². The molecular weight excluding hydrogens is 347 g/mol. The second kappa shape index (κ2) is 5.99. The SMILES string of the molecule is O=C(c1ccnc(Cl)c1)N1CC2(CCNCC2)c2ncc(Cl)cc21. The van der Waals surface area contributed by atoms with Gasteiger partial charge in [-0.1, -0.05) is 23.2 Å². The van der Waals surface area contributed by atoms with Gasteiger partial charge in [-0.15, -0.1) is 0 Å². The Kier molecular flexibility index (Phi) is 3.95. The molecule has 1 N–H and O–H groups in total. The van der Waals surface area contributed by atoms with Crippen LogP contribution in [0.5, 0.6) is 0 Å². The van der Waals surface area contributed by atoms with Crippen LogP contribution in [-0.4, -0.2) is 35.5 Å². The van der Waals surface area contributed by atoms with E-state index in [1.165, 1.54) is 0 Å². The molecule has 5 nitrogen and oxygen atoms in total. The number of aromatic nitrogens is 2. The Bertz CT molecular complexity index is 805. The Morgan fingerprint density at radius 3 is 2.75 bits per heavy atom. The zero-order valence-corrected chi connectivity index (χ0v) is 14.4. The minimum atomic E-state index is -0.0995. The number of hydrogen-bond donors (Lipinski definition) is 1. The maximum Gasteiger partial charge on any atom is 0.258 e. The summed E-state index contributed by atoms with van der Waals surface area (Å²) in [7, 11) is 0. The lowest BCUT2D eigenvalue weighted by Gasteiger charge is -2.33. The number of nitrogens with zero attached hydrogens (tertiary/aromatic N) is 3. The van der Waals surface area contributed by atoms with E-state index in [2.05, 4.69) is 15.3 Å². The molecule has 1 saturated heterocycles. The van der Waals surface area contributed by atoms with E-state index in [0.29, 0.717) is 22.3 Å². The topological polar surface area (TPSA) is 58.1 Å². The van der Waals surface area contributed by atoms with E-state index in [4.69, 9.17) is 23.2 Å². The van der Waals surface area contributed by atoms with Crippen LogP contribution < -0.4 is 10.2 Å². The van der Waals surface area contributed by atoms with Gasteiger partial charge in [0.05, 0.1) is 16.4 Å². The standard InChI is InChI=1S/C17H16Cl2N4O/c18-12-8-13-15(22-9-12)17(2-5-20-6-3-17)10-23(13)16(24)11-1-4-21-14(19)7-11/h1,4,7-9,20H,2-3,5-6,10H2. The Balaban J connectivity index is 1.77. The Morgan fingerprint density at radius 1 is 1.21 bits per heavy atom. The normalized spacial score (nSPS) is 18.7. The second-order valence-corrected chi connectivity index (χ2v) is 7.13. The number of carbonyl (C=O) groups is 1. The number of anilines is 1. The van der Waals surface area contributed by atoms with Gasteiger partial charge in [0.1, 0.15) is 5.15 Å². The van der Waals surface area contributed by atoms with Crippen molar-refractivity contribution in [3.8, 4) is 0 Å². The maximum atomic E-state index is 13.1. The van der Waals surface area contributed by atoms with Crippen molar-refractivity contribution >= 4 is 34.8 Å². The molecule has 4 heterocycles. The third kappa shape index (κ3) is 2.57. The molecular formula is C17H16Cl2N4O. The van der Waals surface area contributed by atoms with E-state index in [1.807, 2.05) is 6.07 Å². The number of hydrogen-bond acceptors (Lipinski definition) is 4. The Morgan fingerprint density at radius 2 is 2.00 bits per heavy atom. The van der Waals surface area contributed by atoms with Crippen LogP contribution in [-0.2, 0) is 5.41 Å². The molecule has 24 heavy (non-hydrogen) atoms. The molecule has 0 unspecified atom stereocenters. The lowest BCUT2D eigenvalue weighted by atomic mass is 9.77. The molecule has 0 atom stereocenters. The molecule has 0 radical (unpaired) electrons. The van der Waals surface area contributed by atoms with Gasteiger partial charge in [-0.05, 0) is 44.1 Å². The van der Waals surface area contributed by atoms with Crippen molar-refractivity contribution in [3.63, 3.8) is 0 Å². The minimum Gasteiger partial charge on any atom is -0.317 e. The first-order chi connectivity index (χ1) is 11.6. The van der Waals surface area contributed by atoms with E-state index in [9.17, 15) is 4.79 Å². The third-order valence-electron chi connectivity index (χ3n) is 4.87. The zero-order chi connectivity index (χ0) is 16.7. The highest BCUT2D eigenvalue weighted by Crippen LogP contribution is 2.46. The van der Waals surface area contributed by atoms with Gasteiger partial charge in [-0.3, -0.25) is 9.78 Å². The average Bonchev–Trinajstić information content (AvgIpc) is 2.88. The number of fused-ring (bicyclic) bond motifs is 2. The first-order valence-corrected chi connectivity index (χ1v) is 8.65. The lowest BCUT2D eigenvalue weighted by Crippen LogP contribution is -2.44. The highest BCUT2D eigenvalue weighted by molar-refractivity contribution is 6.31. The summed E-state index contributed by atoms with van der Waals surface area (Å²) in [5, 5.41) is 4.22. The average molecular weight is 363 g/mol. The third-order valence-corrected chi connectivity index (χ3v) is 5.28. The zero-order valence-electron chi connectivity index (χ0n) is 12.9. The molecule has 1 amide bonds. The van der Waals surface area contributed by atoms with Crippen LogP contribution in [0.15, 0.2) is 30.6 Å². The molecule has 1 fully saturated rings. The van der Waals surface area contributed by atoms with Gasteiger partial charge in [0.25, 0.3) is 5.91 Å². The molecule has 4 rings (SSSR count). The molecule has 1 spiro atoms. The predicted molar refractivity (Wildman–Crippen MR) is 94.0 cm³/mol. The Hall–Kier alpha value is -1.69. The molecule has 2 aromatic rings. The molecule has 0 aliphatic carbocycles. The van der Waals surface area contributed by atoms with Crippen LogP contribution >= 0.6 is 23.2 Å². The molecule has 2 aromatic heterocycles. The van der Waals surface area contributed by atoms with Crippen molar-refractivity contribution in [1.82, 2.24) is 15.3 Å². The van der Waals surface area contributed by atoms with Crippen molar-refractivity contribution < 1.29 is 4.79 Å². The van der Waals surface area contributed by atoms with Gasteiger partial charge >= 0.3 is 0 Å². The molecule has 2 aliphatic heterocycles. The fraction of sp³-hybridized carbons (Fsp3) is 0.353. The van der Waals surface area contributed by atoms with Crippen LogP contribution in [0.25, 0.3) is 0 Å². The first-order valence-electron chi connectivity index (χ1n) is 7.89. The molecule has 0 saturated carbocycles. The molecule has 124 valence electrons. The summed E-state index contributed by atoms with van der Waals surface area (Å²) in [5.41, 5.74) is 2.20. The van der Waals surface area contributed by atoms with Gasteiger partial charge < -0.3 is 10.2 Å². The van der Waals surface area contributed by atoms with Gasteiger partial charge in [0.2, 0.25) is 0 Å². The number of nitrogens with one attached hydrogen (secondary N) is 1. The summed E-state index contributed by atoms with van der Waals surface area (Å²) in [6, 6.07) is 5.11. The molecule has 2 aliphatic rings. The van der Waals surface area contributed by atoms with Crippen LogP contribution in [0.4, 0.5) is 5.69 Å². The fourth-order valence-electron chi connectivity index (χ4n) is 3.68. The van der Waals surface area contributed by atoms with E-state index < -0.39 is 0 Å². The number of piperidine rings is 1. The van der Waals surface area contributed by atoms with Gasteiger partial charge in [0, 0.05) is 29.9 Å². The summed E-state index contributed by atoms with van der Waals surface area (Å²) < 4.78 is 0. The van der Waals surface area contributed by atoms with E-state index in [-0.39, 0.29) is 11.3 Å². The Labute approximate surface area is 150 Å². The molecule has 0 bridgehead atoms. The van der Waals surface area contributed by atoms with E-state index in [1.54, 1.807) is 29.4 Å². The maximum absolute atomic E-state index is 13.1. The van der Waals surface area contributed by atoms with E-state index in [0.717, 1.165) is 37.3 Å². The highest BCUT2D eigenvalue weighted by atomic mass is 35.5. The van der Waals surface area contributed by atoms with Crippen LogP contribution in [0.3, 0.4) is 0 Å². The second-order valence-electron chi connectivity index (χ2n) is 6.31. The minimum absolute atomic E-state index is 0.0972. The number of rotatable bonds is 1. The largest absolute Gasteiger partial charge is 0.317 e. The quantitative estimate of drug-likeness (QED) is 0.792. The van der Waals surface area contributed by atoms with Gasteiger partial charge in [0.15, 0.2) is 0 Å². The number of halogens is 2. The summed E-state index contributed by atoms with van der Waals surface area (Å²) in [6.45, 7) is 2.47. The first kappa shape index (κ1) is 15.8. The van der Waals surface area contributed by atoms with Crippen molar-refractivity contribution in [1.29, 1.82) is 0 Å². The van der Waals surface area contributed by atoms with Gasteiger partial charge in [-0.25, -0.2) is 4.98 Å². The smallest absolute Gasteiger partial charge is 0.258 e. The van der Waals surface area contributed by atoms with Crippen LogP contribution in [0.2, 0.25) is 10.2 Å². The predicted octanol–water partition coefficient (Wildman–Crippen LogP) is 3.07. The van der Waals surface area contributed by atoms with Crippen molar-refractivity contribution in [3.05, 3.63) is 52.0 Å². The van der Waals surface area contributed by atoms with Crippen LogP contribution in [0.1, 0.15) is 28.9 Å². The summed E-state index contributed by atoms with van der Waals surface area (Å²) >= 11 is 12.1. The van der Waals surface area contributed by atoms with Crippen molar-refractivity contribution in [2.24, 2.45) is 0 Å².